The lowest BCUT2D eigenvalue weighted by atomic mass is 10.0. The Morgan fingerprint density at radius 3 is 2.94 bits per heavy atom. The maximum absolute atomic E-state index is 4.37. The molecule has 1 aromatic heterocycles. The Kier molecular flexibility index (Phi) is 3.94. The zero-order valence-corrected chi connectivity index (χ0v) is 11.1. The van der Waals surface area contributed by atoms with Gasteiger partial charge in [0, 0.05) is 16.1 Å². The fraction of sp³-hybridized carbons (Fsp3) is 0.357. The summed E-state index contributed by atoms with van der Waals surface area (Å²) in [6.45, 7) is 2.24. The van der Waals surface area contributed by atoms with Crippen molar-refractivity contribution in [1.29, 1.82) is 0 Å². The van der Waals surface area contributed by atoms with Crippen LogP contribution in [0.5, 0.6) is 0 Å². The highest BCUT2D eigenvalue weighted by Gasteiger charge is 2.02. The molecule has 2 aromatic rings. The molecule has 0 aliphatic carbocycles. The lowest BCUT2D eigenvalue weighted by Crippen LogP contribution is -1.88. The molecule has 0 saturated carbocycles. The Morgan fingerprint density at radius 2 is 2.12 bits per heavy atom. The van der Waals surface area contributed by atoms with Crippen molar-refractivity contribution >= 4 is 26.8 Å². The van der Waals surface area contributed by atoms with Gasteiger partial charge in [-0.1, -0.05) is 25.8 Å². The molecule has 0 spiro atoms. The van der Waals surface area contributed by atoms with Crippen LogP contribution in [0, 0.1) is 0 Å². The van der Waals surface area contributed by atoms with E-state index >= 15 is 0 Å². The van der Waals surface area contributed by atoms with E-state index in [0.717, 1.165) is 16.4 Å². The first-order valence-electron chi connectivity index (χ1n) is 5.84. The third kappa shape index (κ3) is 2.62. The molecule has 0 radical (unpaired) electrons. The van der Waals surface area contributed by atoms with Gasteiger partial charge in [-0.2, -0.15) is 0 Å². The monoisotopic (exact) mass is 277 g/mol. The molecule has 0 unspecified atom stereocenters. The van der Waals surface area contributed by atoms with E-state index in [1.807, 2.05) is 12.3 Å². The van der Waals surface area contributed by atoms with Gasteiger partial charge in [-0.05, 0) is 52.5 Å². The number of benzene rings is 1. The molecule has 0 saturated heterocycles. The quantitative estimate of drug-likeness (QED) is 0.737. The number of halogens is 1. The Bertz CT molecular complexity index is 479. The molecule has 84 valence electrons. The first-order valence-corrected chi connectivity index (χ1v) is 6.63. The highest BCUT2D eigenvalue weighted by atomic mass is 79.9. The maximum Gasteiger partial charge on any atom is 0.0844 e. The molecule has 1 nitrogen and oxygen atoms in total. The van der Waals surface area contributed by atoms with Crippen molar-refractivity contribution < 1.29 is 0 Å². The van der Waals surface area contributed by atoms with E-state index in [0.29, 0.717) is 0 Å². The SMILES string of the molecule is CCCCCc1cc(Br)c2ncccc2c1. The van der Waals surface area contributed by atoms with Crippen molar-refractivity contribution in [3.05, 3.63) is 40.5 Å². The minimum Gasteiger partial charge on any atom is -0.255 e. The van der Waals surface area contributed by atoms with Gasteiger partial charge in [0.15, 0.2) is 0 Å². The summed E-state index contributed by atoms with van der Waals surface area (Å²) in [7, 11) is 0. The van der Waals surface area contributed by atoms with E-state index in [9.17, 15) is 0 Å². The molecule has 16 heavy (non-hydrogen) atoms. The second-order valence-electron chi connectivity index (χ2n) is 4.11. The van der Waals surface area contributed by atoms with Gasteiger partial charge in [0.05, 0.1) is 5.52 Å². The largest absolute Gasteiger partial charge is 0.255 e. The van der Waals surface area contributed by atoms with Crippen molar-refractivity contribution in [2.75, 3.05) is 0 Å². The van der Waals surface area contributed by atoms with E-state index in [2.05, 4.69) is 46.0 Å². The van der Waals surface area contributed by atoms with E-state index in [-0.39, 0.29) is 0 Å². The second kappa shape index (κ2) is 5.44. The number of aromatic nitrogens is 1. The van der Waals surface area contributed by atoms with Crippen LogP contribution in [0.15, 0.2) is 34.9 Å². The topological polar surface area (TPSA) is 12.9 Å². The van der Waals surface area contributed by atoms with Crippen molar-refractivity contribution in [3.63, 3.8) is 0 Å². The van der Waals surface area contributed by atoms with Crippen molar-refractivity contribution in [3.8, 4) is 0 Å². The lowest BCUT2D eigenvalue weighted by molar-refractivity contribution is 0.717. The minimum atomic E-state index is 1.06. The van der Waals surface area contributed by atoms with Crippen molar-refractivity contribution in [1.82, 2.24) is 4.98 Å². The number of unbranched alkanes of at least 4 members (excludes halogenated alkanes) is 2. The number of hydrogen-bond acceptors (Lipinski definition) is 1. The van der Waals surface area contributed by atoms with Crippen LogP contribution in [0.3, 0.4) is 0 Å². The third-order valence-corrected chi connectivity index (χ3v) is 3.39. The summed E-state index contributed by atoms with van der Waals surface area (Å²) >= 11 is 3.59. The van der Waals surface area contributed by atoms with E-state index < -0.39 is 0 Å². The summed E-state index contributed by atoms with van der Waals surface area (Å²) < 4.78 is 1.11. The highest BCUT2D eigenvalue weighted by molar-refractivity contribution is 9.10. The van der Waals surface area contributed by atoms with Crippen LogP contribution in [0.1, 0.15) is 31.7 Å². The normalized spacial score (nSPS) is 10.9. The molecule has 0 amide bonds. The number of pyridine rings is 1. The average Bonchev–Trinajstić information content (AvgIpc) is 2.30. The second-order valence-corrected chi connectivity index (χ2v) is 4.96. The van der Waals surface area contributed by atoms with Crippen molar-refractivity contribution in [2.24, 2.45) is 0 Å². The predicted octanol–water partition coefficient (Wildman–Crippen LogP) is 4.73. The van der Waals surface area contributed by atoms with Crippen LogP contribution in [-0.2, 0) is 6.42 Å². The number of rotatable bonds is 4. The zero-order chi connectivity index (χ0) is 11.4. The lowest BCUT2D eigenvalue weighted by Gasteiger charge is -2.05. The minimum absolute atomic E-state index is 1.06. The van der Waals surface area contributed by atoms with Gasteiger partial charge in [-0.3, -0.25) is 4.98 Å². The van der Waals surface area contributed by atoms with Crippen LogP contribution in [-0.4, -0.2) is 4.98 Å². The fourth-order valence-corrected chi connectivity index (χ4v) is 2.56. The Labute approximate surface area is 105 Å². The van der Waals surface area contributed by atoms with Gasteiger partial charge in [-0.15, -0.1) is 0 Å². The van der Waals surface area contributed by atoms with Crippen LogP contribution in [0.4, 0.5) is 0 Å². The van der Waals surface area contributed by atoms with Crippen LogP contribution >= 0.6 is 15.9 Å². The first-order chi connectivity index (χ1) is 7.81. The predicted molar refractivity (Wildman–Crippen MR) is 72.7 cm³/mol. The van der Waals surface area contributed by atoms with Crippen LogP contribution in [0.2, 0.25) is 0 Å². The maximum atomic E-state index is 4.37. The van der Waals surface area contributed by atoms with Gasteiger partial charge >= 0.3 is 0 Å². The summed E-state index contributed by atoms with van der Waals surface area (Å²) in [5, 5.41) is 1.23. The number of aryl methyl sites for hydroxylation is 1. The summed E-state index contributed by atoms with van der Waals surface area (Å²) in [6, 6.07) is 8.56. The Balaban J connectivity index is 2.27. The van der Waals surface area contributed by atoms with Gasteiger partial charge in [-0.25, -0.2) is 0 Å². The zero-order valence-electron chi connectivity index (χ0n) is 9.54. The molecular formula is C14H16BrN. The van der Waals surface area contributed by atoms with E-state index in [4.69, 9.17) is 0 Å². The Hall–Kier alpha value is -0.890. The molecule has 2 heteroatoms. The third-order valence-electron chi connectivity index (χ3n) is 2.79. The number of fused-ring (bicyclic) bond motifs is 1. The molecule has 0 N–H and O–H groups in total. The summed E-state index contributed by atoms with van der Waals surface area (Å²) in [4.78, 5) is 4.37. The standard InChI is InChI=1S/C14H16BrN/c1-2-3-4-6-11-9-12-7-5-8-16-14(12)13(15)10-11/h5,7-10H,2-4,6H2,1H3. The van der Waals surface area contributed by atoms with Gasteiger partial charge < -0.3 is 0 Å². The molecule has 0 atom stereocenters. The summed E-state index contributed by atoms with van der Waals surface area (Å²) in [5.74, 6) is 0. The van der Waals surface area contributed by atoms with E-state index in [1.54, 1.807) is 0 Å². The van der Waals surface area contributed by atoms with Crippen LogP contribution < -0.4 is 0 Å². The molecule has 0 aliphatic heterocycles. The first kappa shape index (κ1) is 11.6. The van der Waals surface area contributed by atoms with Gasteiger partial charge in [0.25, 0.3) is 0 Å². The van der Waals surface area contributed by atoms with E-state index in [1.165, 1.54) is 30.2 Å². The van der Waals surface area contributed by atoms with Gasteiger partial charge in [0.1, 0.15) is 0 Å². The van der Waals surface area contributed by atoms with Gasteiger partial charge in [0.2, 0.25) is 0 Å². The Morgan fingerprint density at radius 1 is 1.25 bits per heavy atom. The molecule has 0 fully saturated rings. The average molecular weight is 278 g/mol. The molecule has 1 heterocycles. The molecular weight excluding hydrogens is 262 g/mol. The smallest absolute Gasteiger partial charge is 0.0844 e. The molecule has 1 aromatic carbocycles. The molecule has 0 bridgehead atoms. The highest BCUT2D eigenvalue weighted by Crippen LogP contribution is 2.24. The summed E-state index contributed by atoms with van der Waals surface area (Å²) in [6.07, 6.45) is 6.86. The number of hydrogen-bond donors (Lipinski definition) is 0. The fourth-order valence-electron chi connectivity index (χ4n) is 1.93. The number of nitrogens with zero attached hydrogens (tertiary/aromatic N) is 1. The summed E-state index contributed by atoms with van der Waals surface area (Å²) in [5.41, 5.74) is 2.46. The molecule has 2 rings (SSSR count). The molecule has 0 aliphatic rings. The van der Waals surface area contributed by atoms with Crippen molar-refractivity contribution in [2.45, 2.75) is 32.6 Å². The van der Waals surface area contributed by atoms with Crippen LogP contribution in [0.25, 0.3) is 10.9 Å².